The quantitative estimate of drug-likeness (QED) is 0.439. The fraction of sp³-hybridized carbons (Fsp3) is 0.625. The maximum absolute atomic E-state index is 11.9. The van der Waals surface area contributed by atoms with Crippen LogP contribution in [0.4, 0.5) is 5.69 Å². The second-order valence-corrected chi connectivity index (χ2v) is 8.63. The number of benzene rings is 1. The molecular weight excluding hydrogens is 398 g/mol. The fourth-order valence-electron chi connectivity index (χ4n) is 3.12. The molecule has 1 heterocycles. The molecule has 0 atom stereocenters. The highest BCUT2D eigenvalue weighted by Gasteiger charge is 2.18. The van der Waals surface area contributed by atoms with Crippen LogP contribution in [-0.2, 0) is 19.1 Å². The van der Waals surface area contributed by atoms with Gasteiger partial charge in [-0.05, 0) is 70.7 Å². The molecule has 1 aromatic rings. The summed E-state index contributed by atoms with van der Waals surface area (Å²) in [5.74, 6) is -1.21. The molecule has 7 nitrogen and oxygen atoms in total. The number of anilines is 1. The number of aliphatic carboxylic acids is 1. The van der Waals surface area contributed by atoms with Crippen LogP contribution >= 0.6 is 0 Å². The zero-order chi connectivity index (χ0) is 23.3. The van der Waals surface area contributed by atoms with Crippen LogP contribution in [0.15, 0.2) is 24.3 Å². The molecule has 1 fully saturated rings. The Balaban J connectivity index is 0.000000330. The van der Waals surface area contributed by atoms with Crippen molar-refractivity contribution in [1.29, 1.82) is 0 Å². The minimum absolute atomic E-state index is 0.196. The van der Waals surface area contributed by atoms with Crippen LogP contribution in [0.2, 0.25) is 0 Å². The Morgan fingerprint density at radius 3 is 1.97 bits per heavy atom. The fourth-order valence-corrected chi connectivity index (χ4v) is 3.12. The van der Waals surface area contributed by atoms with E-state index in [9.17, 15) is 14.4 Å². The largest absolute Gasteiger partial charge is 0.481 e. The van der Waals surface area contributed by atoms with Crippen LogP contribution in [-0.4, -0.2) is 48.8 Å². The molecule has 1 aliphatic heterocycles. The summed E-state index contributed by atoms with van der Waals surface area (Å²) in [5.41, 5.74) is 1.37. The van der Waals surface area contributed by atoms with Gasteiger partial charge in [-0.2, -0.15) is 0 Å². The van der Waals surface area contributed by atoms with Crippen molar-refractivity contribution in [3.8, 4) is 0 Å². The smallest absolute Gasteiger partial charge is 0.338 e. The predicted molar refractivity (Wildman–Crippen MR) is 120 cm³/mol. The third-order valence-corrected chi connectivity index (χ3v) is 4.72. The van der Waals surface area contributed by atoms with Crippen molar-refractivity contribution in [1.82, 2.24) is 0 Å². The molecule has 2 rings (SSSR count). The molecule has 0 aliphatic carbocycles. The van der Waals surface area contributed by atoms with Gasteiger partial charge in [0.1, 0.15) is 5.60 Å². The number of carboxylic acids is 1. The van der Waals surface area contributed by atoms with E-state index in [1.165, 1.54) is 25.6 Å². The molecular formula is C24H37NO6. The van der Waals surface area contributed by atoms with Gasteiger partial charge in [0.2, 0.25) is 0 Å². The zero-order valence-electron chi connectivity index (χ0n) is 19.3. The van der Waals surface area contributed by atoms with E-state index in [1.807, 2.05) is 45.0 Å². The Kier molecular flexibility index (Phi) is 11.7. The summed E-state index contributed by atoms with van der Waals surface area (Å²) in [6.45, 7) is 7.87. The molecule has 7 heteroatoms. The van der Waals surface area contributed by atoms with E-state index in [4.69, 9.17) is 9.84 Å². The van der Waals surface area contributed by atoms with Crippen molar-refractivity contribution < 1.29 is 29.0 Å². The third-order valence-electron chi connectivity index (χ3n) is 4.72. The zero-order valence-corrected chi connectivity index (χ0v) is 19.3. The van der Waals surface area contributed by atoms with Crippen LogP contribution in [0.25, 0.3) is 0 Å². The Bertz CT molecular complexity index is 687. The highest BCUT2D eigenvalue weighted by molar-refractivity contribution is 5.90. The molecule has 31 heavy (non-hydrogen) atoms. The summed E-state index contributed by atoms with van der Waals surface area (Å²) in [4.78, 5) is 35.0. The third kappa shape index (κ3) is 12.0. The van der Waals surface area contributed by atoms with E-state index in [1.54, 1.807) is 0 Å². The van der Waals surface area contributed by atoms with Crippen molar-refractivity contribution in [2.75, 3.05) is 25.1 Å². The SMILES string of the molecule is CC(C)(C)OC(=O)c1ccc(N2CCCC2)cc1.COC(=O)CCCCCCC(=O)O. The number of hydrogen-bond acceptors (Lipinski definition) is 6. The summed E-state index contributed by atoms with van der Waals surface area (Å²) in [6.07, 6.45) is 6.40. The van der Waals surface area contributed by atoms with E-state index >= 15 is 0 Å². The van der Waals surface area contributed by atoms with E-state index in [0.717, 1.165) is 32.4 Å². The van der Waals surface area contributed by atoms with E-state index in [2.05, 4.69) is 9.64 Å². The van der Waals surface area contributed by atoms with Gasteiger partial charge >= 0.3 is 17.9 Å². The van der Waals surface area contributed by atoms with Crippen molar-refractivity contribution in [2.45, 2.75) is 77.7 Å². The van der Waals surface area contributed by atoms with Gasteiger partial charge in [-0.15, -0.1) is 0 Å². The van der Waals surface area contributed by atoms with Gasteiger partial charge in [-0.1, -0.05) is 12.8 Å². The van der Waals surface area contributed by atoms with Crippen LogP contribution in [0.1, 0.15) is 82.5 Å². The number of carboxylic acid groups (broad SMARTS) is 1. The van der Waals surface area contributed by atoms with Gasteiger partial charge in [0.05, 0.1) is 12.7 Å². The number of nitrogens with zero attached hydrogens (tertiary/aromatic N) is 1. The Morgan fingerprint density at radius 2 is 1.48 bits per heavy atom. The second kappa shape index (κ2) is 13.7. The monoisotopic (exact) mass is 435 g/mol. The number of carbonyl (C=O) groups is 3. The van der Waals surface area contributed by atoms with E-state index in [-0.39, 0.29) is 18.4 Å². The first-order chi connectivity index (χ1) is 14.6. The number of esters is 2. The molecule has 1 saturated heterocycles. The number of unbranched alkanes of at least 4 members (excludes halogenated alkanes) is 3. The van der Waals surface area contributed by atoms with Crippen molar-refractivity contribution in [2.24, 2.45) is 0 Å². The molecule has 0 saturated carbocycles. The number of ether oxygens (including phenoxy) is 2. The molecule has 0 spiro atoms. The topological polar surface area (TPSA) is 93.1 Å². The lowest BCUT2D eigenvalue weighted by Gasteiger charge is -2.20. The minimum atomic E-state index is -0.757. The Labute approximate surface area is 185 Å². The molecule has 0 bridgehead atoms. The summed E-state index contributed by atoms with van der Waals surface area (Å²) in [6, 6.07) is 7.71. The van der Waals surface area contributed by atoms with E-state index in [0.29, 0.717) is 18.4 Å². The molecule has 0 unspecified atom stereocenters. The summed E-state index contributed by atoms with van der Waals surface area (Å²) in [7, 11) is 1.37. The number of carbonyl (C=O) groups excluding carboxylic acids is 2. The van der Waals surface area contributed by atoms with Crippen LogP contribution in [0.3, 0.4) is 0 Å². The van der Waals surface area contributed by atoms with E-state index < -0.39 is 11.6 Å². The van der Waals surface area contributed by atoms with Gasteiger partial charge in [0, 0.05) is 31.6 Å². The van der Waals surface area contributed by atoms with Gasteiger partial charge in [-0.25, -0.2) is 4.79 Å². The van der Waals surface area contributed by atoms with Gasteiger partial charge in [-0.3, -0.25) is 9.59 Å². The second-order valence-electron chi connectivity index (χ2n) is 8.63. The molecule has 0 aromatic heterocycles. The van der Waals surface area contributed by atoms with Gasteiger partial charge in [0.15, 0.2) is 0 Å². The number of rotatable bonds is 9. The van der Waals surface area contributed by atoms with Crippen LogP contribution < -0.4 is 4.90 Å². The summed E-state index contributed by atoms with van der Waals surface area (Å²) >= 11 is 0. The lowest BCUT2D eigenvalue weighted by atomic mass is 10.1. The van der Waals surface area contributed by atoms with Crippen molar-refractivity contribution >= 4 is 23.6 Å². The minimum Gasteiger partial charge on any atom is -0.481 e. The normalized spacial score (nSPS) is 13.2. The average molecular weight is 436 g/mol. The summed E-state index contributed by atoms with van der Waals surface area (Å²) in [5, 5.41) is 8.32. The first-order valence-electron chi connectivity index (χ1n) is 11.0. The van der Waals surface area contributed by atoms with Crippen LogP contribution in [0, 0.1) is 0 Å². The Hall–Kier alpha value is -2.57. The lowest BCUT2D eigenvalue weighted by Crippen LogP contribution is -2.24. The molecule has 174 valence electrons. The first kappa shape index (κ1) is 26.5. The molecule has 1 aromatic carbocycles. The standard InChI is InChI=1S/C15H21NO2.C9H16O4/c1-15(2,3)18-14(17)12-6-8-13(9-7-12)16-10-4-5-11-16;1-13-9(12)7-5-3-2-4-6-8(10)11/h6-9H,4-5,10-11H2,1-3H3;2-7H2,1H3,(H,10,11). The molecule has 0 radical (unpaired) electrons. The first-order valence-corrected chi connectivity index (χ1v) is 11.0. The van der Waals surface area contributed by atoms with Gasteiger partial charge < -0.3 is 19.5 Å². The predicted octanol–water partition coefficient (Wildman–Crippen LogP) is 4.83. The Morgan fingerprint density at radius 1 is 0.935 bits per heavy atom. The van der Waals surface area contributed by atoms with Crippen molar-refractivity contribution in [3.63, 3.8) is 0 Å². The van der Waals surface area contributed by atoms with Crippen LogP contribution in [0.5, 0.6) is 0 Å². The highest BCUT2D eigenvalue weighted by atomic mass is 16.6. The number of hydrogen-bond donors (Lipinski definition) is 1. The lowest BCUT2D eigenvalue weighted by molar-refractivity contribution is -0.141. The average Bonchev–Trinajstić information content (AvgIpc) is 3.24. The van der Waals surface area contributed by atoms with Crippen molar-refractivity contribution in [3.05, 3.63) is 29.8 Å². The highest BCUT2D eigenvalue weighted by Crippen LogP contribution is 2.21. The summed E-state index contributed by atoms with van der Waals surface area (Å²) < 4.78 is 9.80. The molecule has 1 N–H and O–H groups in total. The number of methoxy groups -OCH3 is 1. The molecule has 1 aliphatic rings. The maximum atomic E-state index is 11.9. The molecule has 0 amide bonds. The van der Waals surface area contributed by atoms with Gasteiger partial charge in [0.25, 0.3) is 0 Å². The maximum Gasteiger partial charge on any atom is 0.338 e.